The second-order valence-electron chi connectivity index (χ2n) is 3.49. The maximum atomic E-state index is 10.1. The number of aliphatic hydroxyl groups excluding tert-OH is 1. The van der Waals surface area contributed by atoms with E-state index in [1.54, 1.807) is 4.57 Å². The second kappa shape index (κ2) is 5.90. The Bertz CT molecular complexity index is 602. The molecule has 0 aliphatic rings. The average molecular weight is 280 g/mol. The molecule has 0 unspecified atom stereocenters. The molecule has 1 heterocycles. The zero-order chi connectivity index (χ0) is 13.0. The van der Waals surface area contributed by atoms with Crippen LogP contribution in [-0.4, -0.2) is 34.1 Å². The summed E-state index contributed by atoms with van der Waals surface area (Å²) in [6.45, 7) is 0.303. The van der Waals surface area contributed by atoms with Crippen molar-refractivity contribution >= 4 is 29.8 Å². The lowest BCUT2D eigenvalue weighted by Crippen LogP contribution is -1.93. The van der Waals surface area contributed by atoms with Crippen LogP contribution in [-0.2, 0) is 0 Å². The topological polar surface area (TPSA) is 57.8 Å². The van der Waals surface area contributed by atoms with Crippen molar-refractivity contribution in [1.29, 1.82) is 0 Å². The van der Waals surface area contributed by atoms with Crippen LogP contribution in [0.5, 0.6) is 5.88 Å². The lowest BCUT2D eigenvalue weighted by molar-refractivity contribution is 0.307. The van der Waals surface area contributed by atoms with Crippen molar-refractivity contribution in [3.05, 3.63) is 39.2 Å². The van der Waals surface area contributed by atoms with Crippen LogP contribution in [0.3, 0.4) is 0 Å². The van der Waals surface area contributed by atoms with Crippen LogP contribution in [0.4, 0.5) is 0 Å². The van der Waals surface area contributed by atoms with Gasteiger partial charge in [0.1, 0.15) is 4.88 Å². The largest absolute Gasteiger partial charge is 0.493 e. The Kier molecular flexibility index (Phi) is 4.24. The van der Waals surface area contributed by atoms with Crippen LogP contribution in [0.2, 0.25) is 0 Å². The van der Waals surface area contributed by atoms with Gasteiger partial charge in [-0.1, -0.05) is 29.5 Å². The molecule has 0 saturated heterocycles. The minimum Gasteiger partial charge on any atom is -0.493 e. The highest BCUT2D eigenvalue weighted by atomic mass is 32.1. The SMILES string of the molecule is OCCN=Cc1sc(=S)n(-c2ccccc2)c1O. The van der Waals surface area contributed by atoms with Crippen molar-refractivity contribution in [2.24, 2.45) is 4.99 Å². The molecule has 0 bridgehead atoms. The maximum absolute atomic E-state index is 10.1. The standard InChI is InChI=1S/C12H12N2O2S2/c15-7-6-13-8-10-11(16)14(12(17)18-10)9-4-2-1-3-5-9/h1-5,8,15-16H,6-7H2. The maximum Gasteiger partial charge on any atom is 0.216 e. The fraction of sp³-hybridized carbons (Fsp3) is 0.167. The number of aliphatic hydroxyl groups is 1. The number of aliphatic imine (C=N–C) groups is 1. The van der Waals surface area contributed by atoms with Crippen LogP contribution < -0.4 is 0 Å². The van der Waals surface area contributed by atoms with Gasteiger partial charge >= 0.3 is 0 Å². The Hall–Kier alpha value is -1.50. The highest BCUT2D eigenvalue weighted by Crippen LogP contribution is 2.27. The molecule has 2 aromatic rings. The van der Waals surface area contributed by atoms with Crippen molar-refractivity contribution in [2.45, 2.75) is 0 Å². The van der Waals surface area contributed by atoms with Gasteiger partial charge < -0.3 is 10.2 Å². The zero-order valence-electron chi connectivity index (χ0n) is 9.48. The van der Waals surface area contributed by atoms with Crippen molar-refractivity contribution in [1.82, 2.24) is 4.57 Å². The summed E-state index contributed by atoms with van der Waals surface area (Å²) in [6.07, 6.45) is 1.53. The first-order chi connectivity index (χ1) is 8.74. The summed E-state index contributed by atoms with van der Waals surface area (Å²) in [5.41, 5.74) is 0.818. The molecule has 0 spiro atoms. The summed E-state index contributed by atoms with van der Waals surface area (Å²) in [5, 5.41) is 18.8. The second-order valence-corrected chi connectivity index (χ2v) is 5.16. The molecule has 1 aromatic carbocycles. The van der Waals surface area contributed by atoms with E-state index >= 15 is 0 Å². The van der Waals surface area contributed by atoms with E-state index in [0.717, 1.165) is 5.69 Å². The van der Waals surface area contributed by atoms with E-state index in [4.69, 9.17) is 17.3 Å². The van der Waals surface area contributed by atoms with Gasteiger partial charge in [0, 0.05) is 6.21 Å². The van der Waals surface area contributed by atoms with Gasteiger partial charge in [-0.3, -0.25) is 9.56 Å². The third-order valence-electron chi connectivity index (χ3n) is 2.26. The third kappa shape index (κ3) is 2.66. The number of nitrogens with zero attached hydrogens (tertiary/aromatic N) is 2. The number of para-hydroxylation sites is 1. The summed E-state index contributed by atoms with van der Waals surface area (Å²) < 4.78 is 2.16. The Morgan fingerprint density at radius 3 is 2.72 bits per heavy atom. The third-order valence-corrected chi connectivity index (χ3v) is 3.56. The molecule has 0 fully saturated rings. The summed E-state index contributed by atoms with van der Waals surface area (Å²) in [7, 11) is 0. The number of hydrogen-bond donors (Lipinski definition) is 2. The highest BCUT2D eigenvalue weighted by Gasteiger charge is 2.11. The predicted molar refractivity (Wildman–Crippen MR) is 75.7 cm³/mol. The average Bonchev–Trinajstić information content (AvgIpc) is 2.66. The normalized spacial score (nSPS) is 11.2. The first-order valence-electron chi connectivity index (χ1n) is 5.35. The first-order valence-corrected chi connectivity index (χ1v) is 6.57. The number of aromatic hydroxyl groups is 1. The Labute approximate surface area is 113 Å². The summed E-state index contributed by atoms with van der Waals surface area (Å²) in [4.78, 5) is 4.58. The van der Waals surface area contributed by atoms with Gasteiger partial charge in [-0.05, 0) is 24.4 Å². The fourth-order valence-electron chi connectivity index (χ4n) is 1.48. The predicted octanol–water partition coefficient (Wildman–Crippen LogP) is 2.39. The van der Waals surface area contributed by atoms with Crippen LogP contribution in [0.25, 0.3) is 5.69 Å². The van der Waals surface area contributed by atoms with Gasteiger partial charge in [-0.2, -0.15) is 0 Å². The molecule has 94 valence electrons. The van der Waals surface area contributed by atoms with Crippen LogP contribution >= 0.6 is 23.6 Å². The first kappa shape index (κ1) is 12.9. The fourth-order valence-corrected chi connectivity index (χ4v) is 2.72. The molecule has 2 N–H and O–H groups in total. The Balaban J connectivity index is 2.42. The van der Waals surface area contributed by atoms with E-state index in [1.165, 1.54) is 17.6 Å². The summed E-state index contributed by atoms with van der Waals surface area (Å²) in [5.74, 6) is 0.0814. The van der Waals surface area contributed by atoms with Crippen molar-refractivity contribution < 1.29 is 10.2 Å². The van der Waals surface area contributed by atoms with Gasteiger partial charge in [0.2, 0.25) is 5.88 Å². The van der Waals surface area contributed by atoms with Crippen LogP contribution in [0.15, 0.2) is 35.3 Å². The number of benzene rings is 1. The smallest absolute Gasteiger partial charge is 0.216 e. The van der Waals surface area contributed by atoms with Gasteiger partial charge in [0.15, 0.2) is 3.95 Å². The molecule has 0 aliphatic carbocycles. The number of aromatic nitrogens is 1. The molecule has 0 aliphatic heterocycles. The minimum absolute atomic E-state index is 0.0119. The van der Waals surface area contributed by atoms with E-state index < -0.39 is 0 Å². The number of hydrogen-bond acceptors (Lipinski definition) is 5. The van der Waals surface area contributed by atoms with E-state index in [0.29, 0.717) is 15.4 Å². The molecule has 0 radical (unpaired) electrons. The molecule has 0 amide bonds. The summed E-state index contributed by atoms with van der Waals surface area (Å²) in [6, 6.07) is 9.41. The van der Waals surface area contributed by atoms with E-state index in [1.807, 2.05) is 30.3 Å². The van der Waals surface area contributed by atoms with Gasteiger partial charge in [-0.15, -0.1) is 0 Å². The Morgan fingerprint density at radius 2 is 2.06 bits per heavy atom. The Morgan fingerprint density at radius 1 is 1.33 bits per heavy atom. The lowest BCUT2D eigenvalue weighted by atomic mass is 10.3. The lowest BCUT2D eigenvalue weighted by Gasteiger charge is -2.03. The number of rotatable bonds is 4. The monoisotopic (exact) mass is 280 g/mol. The van der Waals surface area contributed by atoms with E-state index in [2.05, 4.69) is 4.99 Å². The molecular formula is C12H12N2O2S2. The van der Waals surface area contributed by atoms with Crippen LogP contribution in [0.1, 0.15) is 4.88 Å². The molecular weight excluding hydrogens is 268 g/mol. The highest BCUT2D eigenvalue weighted by molar-refractivity contribution is 7.73. The minimum atomic E-state index is -0.0119. The molecule has 4 nitrogen and oxygen atoms in total. The van der Waals surface area contributed by atoms with Gasteiger partial charge in [-0.25, -0.2) is 0 Å². The molecule has 6 heteroatoms. The summed E-state index contributed by atoms with van der Waals surface area (Å²) >= 11 is 6.51. The number of thiazole rings is 1. The molecule has 2 rings (SSSR count). The van der Waals surface area contributed by atoms with Gasteiger partial charge in [0.25, 0.3) is 0 Å². The molecule has 1 aromatic heterocycles. The quantitative estimate of drug-likeness (QED) is 0.668. The van der Waals surface area contributed by atoms with Crippen molar-refractivity contribution in [2.75, 3.05) is 13.2 Å². The molecule has 0 saturated carbocycles. The van der Waals surface area contributed by atoms with Crippen LogP contribution in [0, 0.1) is 3.95 Å². The van der Waals surface area contributed by atoms with Gasteiger partial charge in [0.05, 0.1) is 18.8 Å². The van der Waals surface area contributed by atoms with Crippen molar-refractivity contribution in [3.63, 3.8) is 0 Å². The van der Waals surface area contributed by atoms with E-state index in [9.17, 15) is 5.11 Å². The molecule has 18 heavy (non-hydrogen) atoms. The zero-order valence-corrected chi connectivity index (χ0v) is 11.1. The van der Waals surface area contributed by atoms with Crippen molar-refractivity contribution in [3.8, 4) is 11.6 Å². The van der Waals surface area contributed by atoms with E-state index in [-0.39, 0.29) is 12.5 Å². The molecule has 0 atom stereocenters.